The summed E-state index contributed by atoms with van der Waals surface area (Å²) in [5.41, 5.74) is 1.68. The van der Waals surface area contributed by atoms with Crippen LogP contribution in [0.1, 0.15) is 5.56 Å². The second kappa shape index (κ2) is 6.02. The molecule has 3 aromatic heterocycles. The topological polar surface area (TPSA) is 71.8 Å². The fourth-order valence-electron chi connectivity index (χ4n) is 2.30. The Morgan fingerprint density at radius 3 is 2.96 bits per heavy atom. The predicted molar refractivity (Wildman–Crippen MR) is 91.7 cm³/mol. The Labute approximate surface area is 139 Å². The van der Waals surface area contributed by atoms with Gasteiger partial charge in [0.2, 0.25) is 5.56 Å². The molecule has 0 radical (unpaired) electrons. The van der Waals surface area contributed by atoms with E-state index in [1.165, 1.54) is 11.8 Å². The van der Waals surface area contributed by atoms with Crippen molar-refractivity contribution in [1.29, 1.82) is 0 Å². The molecule has 0 unspecified atom stereocenters. The second-order valence-corrected chi connectivity index (χ2v) is 6.72. The molecule has 114 valence electrons. The number of pyridine rings is 1. The van der Waals surface area contributed by atoms with E-state index in [1.54, 1.807) is 17.4 Å². The molecule has 0 bridgehead atoms. The van der Waals surface area contributed by atoms with Crippen LogP contribution in [0.3, 0.4) is 0 Å². The summed E-state index contributed by atoms with van der Waals surface area (Å²) in [5, 5.41) is 11.6. The Bertz CT molecular complexity index is 1010. The van der Waals surface area contributed by atoms with Gasteiger partial charge in [-0.15, -0.1) is 21.5 Å². The van der Waals surface area contributed by atoms with Crippen molar-refractivity contribution in [3.05, 3.63) is 63.8 Å². The number of benzene rings is 1. The molecule has 0 saturated heterocycles. The standard InChI is InChI=1S/C16H11N3O2S2/c20-14-8-10(11-4-1-2-5-12(11)17-14)9-23-16-19-18-15(21-16)13-6-3-7-22-13/h1-8H,9H2,(H,17,20). The maximum absolute atomic E-state index is 11.8. The number of hydrogen-bond donors (Lipinski definition) is 1. The van der Waals surface area contributed by atoms with E-state index in [2.05, 4.69) is 15.2 Å². The van der Waals surface area contributed by atoms with Gasteiger partial charge < -0.3 is 9.40 Å². The fourth-order valence-corrected chi connectivity index (χ4v) is 3.70. The molecule has 23 heavy (non-hydrogen) atoms. The summed E-state index contributed by atoms with van der Waals surface area (Å²) in [7, 11) is 0. The van der Waals surface area contributed by atoms with Gasteiger partial charge in [-0.3, -0.25) is 4.79 Å². The van der Waals surface area contributed by atoms with Crippen LogP contribution in [-0.4, -0.2) is 15.2 Å². The number of thiophene rings is 1. The molecule has 0 aliphatic heterocycles. The zero-order chi connectivity index (χ0) is 15.6. The zero-order valence-corrected chi connectivity index (χ0v) is 13.5. The smallest absolute Gasteiger partial charge is 0.277 e. The van der Waals surface area contributed by atoms with Gasteiger partial charge in [0.15, 0.2) is 0 Å². The van der Waals surface area contributed by atoms with E-state index >= 15 is 0 Å². The van der Waals surface area contributed by atoms with Gasteiger partial charge in [0, 0.05) is 22.7 Å². The first-order valence-corrected chi connectivity index (χ1v) is 8.77. The summed E-state index contributed by atoms with van der Waals surface area (Å²) in [6.07, 6.45) is 0. The normalized spacial score (nSPS) is 11.1. The van der Waals surface area contributed by atoms with Gasteiger partial charge in [-0.25, -0.2) is 0 Å². The molecule has 0 amide bonds. The maximum atomic E-state index is 11.8. The largest absolute Gasteiger partial charge is 0.410 e. The van der Waals surface area contributed by atoms with E-state index in [0.29, 0.717) is 16.9 Å². The van der Waals surface area contributed by atoms with Gasteiger partial charge in [-0.05, 0) is 23.1 Å². The summed E-state index contributed by atoms with van der Waals surface area (Å²) in [6, 6.07) is 13.2. The second-order valence-electron chi connectivity index (χ2n) is 4.84. The molecule has 0 aliphatic carbocycles. The lowest BCUT2D eigenvalue weighted by Gasteiger charge is -2.04. The van der Waals surface area contributed by atoms with Gasteiger partial charge in [-0.1, -0.05) is 36.0 Å². The lowest BCUT2D eigenvalue weighted by atomic mass is 10.1. The van der Waals surface area contributed by atoms with Gasteiger partial charge in [0.05, 0.1) is 4.88 Å². The average Bonchev–Trinajstić information content (AvgIpc) is 3.23. The van der Waals surface area contributed by atoms with Crippen LogP contribution in [0.25, 0.3) is 21.7 Å². The molecule has 0 atom stereocenters. The highest BCUT2D eigenvalue weighted by atomic mass is 32.2. The number of thioether (sulfide) groups is 1. The molecule has 0 saturated carbocycles. The monoisotopic (exact) mass is 341 g/mol. The predicted octanol–water partition coefficient (Wildman–Crippen LogP) is 3.93. The van der Waals surface area contributed by atoms with Crippen LogP contribution < -0.4 is 5.56 Å². The molecule has 0 spiro atoms. The van der Waals surface area contributed by atoms with Gasteiger partial charge in [0.1, 0.15) is 0 Å². The van der Waals surface area contributed by atoms with Crippen LogP contribution in [0.5, 0.6) is 0 Å². The van der Waals surface area contributed by atoms with E-state index < -0.39 is 0 Å². The van der Waals surface area contributed by atoms with Crippen LogP contribution in [0.4, 0.5) is 0 Å². The molecule has 1 N–H and O–H groups in total. The summed E-state index contributed by atoms with van der Waals surface area (Å²) in [5.74, 6) is 1.12. The van der Waals surface area contributed by atoms with E-state index in [4.69, 9.17) is 4.42 Å². The summed E-state index contributed by atoms with van der Waals surface area (Å²) in [4.78, 5) is 15.5. The Hall–Kier alpha value is -2.38. The van der Waals surface area contributed by atoms with Crippen LogP contribution in [0.15, 0.2) is 62.3 Å². The zero-order valence-electron chi connectivity index (χ0n) is 11.9. The van der Waals surface area contributed by atoms with Crippen molar-refractivity contribution in [1.82, 2.24) is 15.2 Å². The number of H-pyrrole nitrogens is 1. The Morgan fingerprint density at radius 1 is 1.17 bits per heavy atom. The molecule has 5 nitrogen and oxygen atoms in total. The molecule has 4 aromatic rings. The highest BCUT2D eigenvalue weighted by Gasteiger charge is 2.11. The van der Waals surface area contributed by atoms with Gasteiger partial charge in [-0.2, -0.15) is 0 Å². The van der Waals surface area contributed by atoms with Crippen molar-refractivity contribution in [3.63, 3.8) is 0 Å². The van der Waals surface area contributed by atoms with Crippen LogP contribution in [0.2, 0.25) is 0 Å². The van der Waals surface area contributed by atoms with Gasteiger partial charge >= 0.3 is 0 Å². The fraction of sp³-hybridized carbons (Fsp3) is 0.0625. The molecule has 0 fully saturated rings. The van der Waals surface area contributed by atoms with Crippen LogP contribution in [0, 0.1) is 0 Å². The van der Waals surface area contributed by atoms with Crippen molar-refractivity contribution >= 4 is 34.0 Å². The number of nitrogens with zero attached hydrogens (tertiary/aromatic N) is 2. The van der Waals surface area contributed by atoms with Gasteiger partial charge in [0.25, 0.3) is 11.1 Å². The molecule has 1 aromatic carbocycles. The number of fused-ring (bicyclic) bond motifs is 1. The number of aromatic nitrogens is 3. The quantitative estimate of drug-likeness (QED) is 0.569. The van der Waals surface area contributed by atoms with E-state index in [-0.39, 0.29) is 5.56 Å². The van der Waals surface area contributed by atoms with Crippen molar-refractivity contribution in [2.24, 2.45) is 0 Å². The number of aromatic amines is 1. The molecule has 7 heteroatoms. The summed E-state index contributed by atoms with van der Waals surface area (Å²) in [6.45, 7) is 0. The minimum atomic E-state index is -0.107. The third-order valence-electron chi connectivity index (χ3n) is 3.33. The van der Waals surface area contributed by atoms with Crippen molar-refractivity contribution in [2.75, 3.05) is 0 Å². The first-order chi connectivity index (χ1) is 11.3. The van der Waals surface area contributed by atoms with E-state index in [1.807, 2.05) is 41.8 Å². The lowest BCUT2D eigenvalue weighted by Crippen LogP contribution is -2.05. The third-order valence-corrected chi connectivity index (χ3v) is 5.05. The van der Waals surface area contributed by atoms with E-state index in [0.717, 1.165) is 21.3 Å². The maximum Gasteiger partial charge on any atom is 0.277 e. The Kier molecular flexibility index (Phi) is 3.72. The number of hydrogen-bond acceptors (Lipinski definition) is 6. The van der Waals surface area contributed by atoms with Crippen molar-refractivity contribution < 1.29 is 4.42 Å². The molecular formula is C16H11N3O2S2. The lowest BCUT2D eigenvalue weighted by molar-refractivity contribution is 0.467. The molecule has 0 aliphatic rings. The van der Waals surface area contributed by atoms with Crippen LogP contribution >= 0.6 is 23.1 Å². The first kappa shape index (κ1) is 14.2. The SMILES string of the molecule is O=c1cc(CSc2nnc(-c3cccs3)o2)c2ccccc2[nH]1. The van der Waals surface area contributed by atoms with Crippen molar-refractivity contribution in [2.45, 2.75) is 11.0 Å². The number of nitrogens with one attached hydrogen (secondary N) is 1. The van der Waals surface area contributed by atoms with Crippen molar-refractivity contribution in [3.8, 4) is 10.8 Å². The van der Waals surface area contributed by atoms with E-state index in [9.17, 15) is 4.79 Å². The number of para-hydroxylation sites is 1. The minimum absolute atomic E-state index is 0.107. The highest BCUT2D eigenvalue weighted by Crippen LogP contribution is 2.29. The average molecular weight is 341 g/mol. The molecule has 3 heterocycles. The highest BCUT2D eigenvalue weighted by molar-refractivity contribution is 7.98. The minimum Gasteiger partial charge on any atom is -0.410 e. The third kappa shape index (κ3) is 2.93. The first-order valence-electron chi connectivity index (χ1n) is 6.91. The number of rotatable bonds is 4. The Balaban J connectivity index is 1.59. The summed E-state index contributed by atoms with van der Waals surface area (Å²) >= 11 is 2.98. The van der Waals surface area contributed by atoms with Crippen LogP contribution in [-0.2, 0) is 5.75 Å². The Morgan fingerprint density at radius 2 is 2.09 bits per heavy atom. The molecular weight excluding hydrogens is 330 g/mol. The summed E-state index contributed by atoms with van der Waals surface area (Å²) < 4.78 is 5.66. The molecule has 4 rings (SSSR count).